The summed E-state index contributed by atoms with van der Waals surface area (Å²) in [5.74, 6) is -0.365. The fourth-order valence-electron chi connectivity index (χ4n) is 1.64. The second kappa shape index (κ2) is 7.06. The lowest BCUT2D eigenvalue weighted by atomic mass is 10.1. The summed E-state index contributed by atoms with van der Waals surface area (Å²) >= 11 is 5.80. The average molecular weight is 319 g/mol. The first-order valence-electron chi connectivity index (χ1n) is 6.25. The van der Waals surface area contributed by atoms with Crippen LogP contribution in [0.1, 0.15) is 25.5 Å². The van der Waals surface area contributed by atoms with E-state index in [1.807, 2.05) is 19.1 Å². The summed E-state index contributed by atoms with van der Waals surface area (Å²) in [7, 11) is -1.95. The molecule has 7 heteroatoms. The normalized spacial score (nSPS) is 13.2. The van der Waals surface area contributed by atoms with Crippen LogP contribution in [-0.4, -0.2) is 38.0 Å². The Morgan fingerprint density at radius 3 is 2.40 bits per heavy atom. The molecule has 0 unspecified atom stereocenters. The van der Waals surface area contributed by atoms with Gasteiger partial charge in [-0.2, -0.15) is 4.31 Å². The summed E-state index contributed by atoms with van der Waals surface area (Å²) < 4.78 is 24.2. The van der Waals surface area contributed by atoms with Gasteiger partial charge in [0.05, 0.1) is 18.3 Å². The minimum absolute atomic E-state index is 0.0243. The van der Waals surface area contributed by atoms with E-state index in [1.54, 1.807) is 19.1 Å². The molecule has 0 saturated carbocycles. The van der Waals surface area contributed by atoms with Crippen LogP contribution in [0.15, 0.2) is 24.3 Å². The lowest BCUT2D eigenvalue weighted by Crippen LogP contribution is -2.39. The van der Waals surface area contributed by atoms with Gasteiger partial charge in [-0.05, 0) is 31.5 Å². The third-order valence-corrected chi connectivity index (χ3v) is 5.01. The van der Waals surface area contributed by atoms with Crippen molar-refractivity contribution in [2.45, 2.75) is 19.9 Å². The van der Waals surface area contributed by atoms with Crippen LogP contribution in [0.25, 0.3) is 0 Å². The molecule has 1 aromatic carbocycles. The minimum atomic E-state index is -3.34. The van der Waals surface area contributed by atoms with Crippen LogP contribution in [-0.2, 0) is 14.8 Å². The number of amides is 1. The first-order valence-corrected chi connectivity index (χ1v) is 8.23. The molecular weight excluding hydrogens is 300 g/mol. The molecule has 0 bridgehead atoms. The van der Waals surface area contributed by atoms with Crippen molar-refractivity contribution in [1.29, 1.82) is 0 Å². The maximum atomic E-state index is 11.8. The number of hydrogen-bond donors (Lipinski definition) is 1. The van der Waals surface area contributed by atoms with Crippen molar-refractivity contribution in [3.8, 4) is 0 Å². The van der Waals surface area contributed by atoms with E-state index in [1.165, 1.54) is 7.05 Å². The molecule has 0 fully saturated rings. The van der Waals surface area contributed by atoms with Gasteiger partial charge in [0, 0.05) is 12.1 Å². The molecule has 0 aromatic heterocycles. The van der Waals surface area contributed by atoms with Crippen LogP contribution in [0.3, 0.4) is 0 Å². The summed E-state index contributed by atoms with van der Waals surface area (Å²) in [6.07, 6.45) is 0. The van der Waals surface area contributed by atoms with Crippen molar-refractivity contribution in [1.82, 2.24) is 9.62 Å². The standard InChI is InChI=1S/C13H19ClN2O3S/c1-4-20(18,19)16(3)9-13(17)15-10(2)11-5-7-12(14)8-6-11/h5-8,10H,4,9H2,1-3H3,(H,15,17)/t10-/m1/s1. The molecule has 1 N–H and O–H groups in total. The maximum Gasteiger partial charge on any atom is 0.235 e. The van der Waals surface area contributed by atoms with Crippen LogP contribution in [0.5, 0.6) is 0 Å². The molecule has 1 aromatic rings. The number of sulfonamides is 1. The SMILES string of the molecule is CCS(=O)(=O)N(C)CC(=O)N[C@H](C)c1ccc(Cl)cc1. The zero-order valence-electron chi connectivity index (χ0n) is 11.8. The predicted octanol–water partition coefficient (Wildman–Crippen LogP) is 1.80. The Bertz CT molecular complexity index is 557. The lowest BCUT2D eigenvalue weighted by molar-refractivity contribution is -0.121. The van der Waals surface area contributed by atoms with Gasteiger partial charge < -0.3 is 5.32 Å². The Hall–Kier alpha value is -1.11. The van der Waals surface area contributed by atoms with E-state index in [2.05, 4.69) is 5.32 Å². The zero-order valence-corrected chi connectivity index (χ0v) is 13.3. The quantitative estimate of drug-likeness (QED) is 0.869. The lowest BCUT2D eigenvalue weighted by Gasteiger charge is -2.18. The number of carbonyl (C=O) groups excluding carboxylic acids is 1. The van der Waals surface area contributed by atoms with Crippen LogP contribution >= 0.6 is 11.6 Å². The Kier molecular flexibility index (Phi) is 5.98. The molecule has 0 radical (unpaired) electrons. The third-order valence-electron chi connectivity index (χ3n) is 2.95. The van der Waals surface area contributed by atoms with Crippen LogP contribution < -0.4 is 5.32 Å². The Balaban J connectivity index is 2.60. The molecule has 0 aliphatic heterocycles. The summed E-state index contributed by atoms with van der Waals surface area (Å²) in [5, 5.41) is 3.38. The molecule has 0 heterocycles. The summed E-state index contributed by atoms with van der Waals surface area (Å²) in [6, 6.07) is 6.91. The van der Waals surface area contributed by atoms with Crippen LogP contribution in [0.4, 0.5) is 0 Å². The number of hydrogen-bond acceptors (Lipinski definition) is 3. The topological polar surface area (TPSA) is 66.5 Å². The minimum Gasteiger partial charge on any atom is -0.348 e. The molecule has 5 nitrogen and oxygen atoms in total. The third kappa shape index (κ3) is 4.77. The molecule has 0 saturated heterocycles. The maximum absolute atomic E-state index is 11.8. The van der Waals surface area contributed by atoms with Crippen molar-refractivity contribution >= 4 is 27.5 Å². The molecule has 1 rings (SSSR count). The molecule has 0 spiro atoms. The summed E-state index contributed by atoms with van der Waals surface area (Å²) in [5.41, 5.74) is 0.906. The van der Waals surface area contributed by atoms with E-state index in [4.69, 9.17) is 11.6 Å². The number of rotatable bonds is 6. The highest BCUT2D eigenvalue weighted by molar-refractivity contribution is 7.89. The van der Waals surface area contributed by atoms with Gasteiger partial charge in [-0.15, -0.1) is 0 Å². The number of halogens is 1. The van der Waals surface area contributed by atoms with Gasteiger partial charge >= 0.3 is 0 Å². The van der Waals surface area contributed by atoms with Crippen molar-refractivity contribution in [3.63, 3.8) is 0 Å². The highest BCUT2D eigenvalue weighted by Crippen LogP contribution is 2.15. The largest absolute Gasteiger partial charge is 0.348 e. The van der Waals surface area contributed by atoms with E-state index in [9.17, 15) is 13.2 Å². The number of nitrogens with one attached hydrogen (secondary N) is 1. The van der Waals surface area contributed by atoms with Gasteiger partial charge in [-0.25, -0.2) is 8.42 Å². The van der Waals surface area contributed by atoms with Gasteiger partial charge in [0.1, 0.15) is 0 Å². The first-order chi connectivity index (χ1) is 9.26. The average Bonchev–Trinajstić information content (AvgIpc) is 2.39. The van der Waals surface area contributed by atoms with Gasteiger partial charge in [0.15, 0.2) is 0 Å². The predicted molar refractivity (Wildman–Crippen MR) is 80.1 cm³/mol. The second-order valence-electron chi connectivity index (χ2n) is 4.50. The molecule has 1 amide bonds. The number of nitrogens with zero attached hydrogens (tertiary/aromatic N) is 1. The fourth-order valence-corrected chi connectivity index (χ4v) is 2.52. The van der Waals surface area contributed by atoms with Crippen molar-refractivity contribution in [2.24, 2.45) is 0 Å². The van der Waals surface area contributed by atoms with Gasteiger partial charge in [0.25, 0.3) is 0 Å². The van der Waals surface area contributed by atoms with E-state index < -0.39 is 10.0 Å². The van der Waals surface area contributed by atoms with Crippen LogP contribution in [0.2, 0.25) is 5.02 Å². The zero-order chi connectivity index (χ0) is 15.3. The molecular formula is C13H19ClN2O3S. The molecule has 0 aliphatic carbocycles. The van der Waals surface area contributed by atoms with Crippen molar-refractivity contribution < 1.29 is 13.2 Å². The van der Waals surface area contributed by atoms with E-state index in [0.29, 0.717) is 5.02 Å². The fraction of sp³-hybridized carbons (Fsp3) is 0.462. The molecule has 112 valence electrons. The van der Waals surface area contributed by atoms with Gasteiger partial charge in [0.2, 0.25) is 15.9 Å². The second-order valence-corrected chi connectivity index (χ2v) is 7.30. The van der Waals surface area contributed by atoms with Crippen LogP contribution in [0, 0.1) is 0 Å². The highest BCUT2D eigenvalue weighted by atomic mass is 35.5. The highest BCUT2D eigenvalue weighted by Gasteiger charge is 2.19. The van der Waals surface area contributed by atoms with E-state index in [-0.39, 0.29) is 24.2 Å². The molecule has 0 aliphatic rings. The van der Waals surface area contributed by atoms with Crippen molar-refractivity contribution in [3.05, 3.63) is 34.9 Å². The van der Waals surface area contributed by atoms with Gasteiger partial charge in [-0.3, -0.25) is 4.79 Å². The summed E-state index contributed by atoms with van der Waals surface area (Å²) in [6.45, 7) is 3.18. The van der Waals surface area contributed by atoms with E-state index >= 15 is 0 Å². The smallest absolute Gasteiger partial charge is 0.235 e. The van der Waals surface area contributed by atoms with Crippen molar-refractivity contribution in [2.75, 3.05) is 19.3 Å². The Labute approximate surface area is 125 Å². The summed E-state index contributed by atoms with van der Waals surface area (Å²) in [4.78, 5) is 11.8. The molecule has 1 atom stereocenters. The molecule has 20 heavy (non-hydrogen) atoms. The number of likely N-dealkylation sites (N-methyl/N-ethyl adjacent to an activating group) is 1. The number of benzene rings is 1. The van der Waals surface area contributed by atoms with E-state index in [0.717, 1.165) is 9.87 Å². The Morgan fingerprint density at radius 2 is 1.90 bits per heavy atom. The van der Waals surface area contributed by atoms with Gasteiger partial charge in [-0.1, -0.05) is 23.7 Å². The monoisotopic (exact) mass is 318 g/mol. The Morgan fingerprint density at radius 1 is 1.35 bits per heavy atom. The number of carbonyl (C=O) groups is 1. The first kappa shape index (κ1) is 16.9.